The van der Waals surface area contributed by atoms with E-state index in [1.54, 1.807) is 0 Å². The lowest BCUT2D eigenvalue weighted by Crippen LogP contribution is -2.62. The fourth-order valence-electron chi connectivity index (χ4n) is 11.2. The Morgan fingerprint density at radius 3 is 1.73 bits per heavy atom. The van der Waals surface area contributed by atoms with Crippen molar-refractivity contribution in [3.05, 3.63) is 186 Å². The first-order valence-corrected chi connectivity index (χ1v) is 23.1. The van der Waals surface area contributed by atoms with E-state index < -0.39 is 0 Å². The third-order valence-electron chi connectivity index (χ3n) is 14.5. The van der Waals surface area contributed by atoms with Crippen LogP contribution in [0.25, 0.3) is 42.4 Å². The number of hydrogen-bond donors (Lipinski definition) is 0. The molecule has 0 saturated heterocycles. The number of hydrogen-bond acceptors (Lipinski definition) is 3. The van der Waals surface area contributed by atoms with Crippen molar-refractivity contribution in [1.29, 1.82) is 0 Å². The van der Waals surface area contributed by atoms with Crippen LogP contribution in [0.1, 0.15) is 62.8 Å². The van der Waals surface area contributed by atoms with Crippen molar-refractivity contribution in [3.63, 3.8) is 0 Å². The van der Waals surface area contributed by atoms with E-state index in [-0.39, 0.29) is 17.5 Å². The molecule has 62 heavy (non-hydrogen) atoms. The zero-order valence-electron chi connectivity index (χ0n) is 36.4. The summed E-state index contributed by atoms with van der Waals surface area (Å²) in [6.07, 6.45) is 2.34. The van der Waals surface area contributed by atoms with E-state index in [9.17, 15) is 0 Å². The van der Waals surface area contributed by atoms with Crippen molar-refractivity contribution in [2.24, 2.45) is 0 Å². The number of rotatable bonds is 4. The van der Waals surface area contributed by atoms with Crippen molar-refractivity contribution in [2.75, 3.05) is 9.80 Å². The highest BCUT2D eigenvalue weighted by Gasteiger charge is 2.47. The first-order valence-electron chi connectivity index (χ1n) is 22.3. The molecule has 2 aliphatic heterocycles. The minimum atomic E-state index is 0.0383. The Labute approximate surface area is 370 Å². The van der Waals surface area contributed by atoms with Crippen LogP contribution in [-0.4, -0.2) is 6.71 Å². The van der Waals surface area contributed by atoms with Gasteiger partial charge in [0.2, 0.25) is 0 Å². The number of thiophene rings is 1. The Balaban J connectivity index is 1.19. The molecule has 0 amide bonds. The SMILES string of the molecule is Cc1cc2c3c(c1)N(c1cccc4sc5ccccc5c14)c1cc(-c4ccccc4)ccc1B3c1cc3c(cc1N2c1ccc(-c2ccccc2)cc1C)C(C)(C)CCC3(C)C. The van der Waals surface area contributed by atoms with Gasteiger partial charge in [0.1, 0.15) is 0 Å². The summed E-state index contributed by atoms with van der Waals surface area (Å²) in [5.74, 6) is 0. The maximum absolute atomic E-state index is 2.65. The molecule has 0 saturated carbocycles. The minimum Gasteiger partial charge on any atom is -0.311 e. The van der Waals surface area contributed by atoms with Crippen molar-refractivity contribution in [3.8, 4) is 22.3 Å². The van der Waals surface area contributed by atoms with E-state index in [4.69, 9.17) is 0 Å². The Hall–Kier alpha value is -6.36. The summed E-state index contributed by atoms with van der Waals surface area (Å²) in [5.41, 5.74) is 22.2. The predicted molar refractivity (Wildman–Crippen MR) is 269 cm³/mol. The van der Waals surface area contributed by atoms with Crippen LogP contribution in [0.5, 0.6) is 0 Å². The first-order chi connectivity index (χ1) is 30.1. The highest BCUT2D eigenvalue weighted by atomic mass is 32.1. The summed E-state index contributed by atoms with van der Waals surface area (Å²) in [5, 5.41) is 2.63. The maximum Gasteiger partial charge on any atom is 0.252 e. The molecule has 9 aromatic rings. The van der Waals surface area contributed by atoms with Gasteiger partial charge in [-0.3, -0.25) is 0 Å². The van der Waals surface area contributed by atoms with Gasteiger partial charge in [0.15, 0.2) is 0 Å². The molecule has 2 nitrogen and oxygen atoms in total. The quantitative estimate of drug-likeness (QED) is 0.163. The monoisotopic (exact) mass is 816 g/mol. The predicted octanol–water partition coefficient (Wildman–Crippen LogP) is 14.4. The third-order valence-corrected chi connectivity index (χ3v) is 15.6. The van der Waals surface area contributed by atoms with E-state index >= 15 is 0 Å². The molecule has 4 heteroatoms. The fraction of sp³-hybridized carbons (Fsp3) is 0.172. The molecular weight excluding hydrogens is 768 g/mol. The highest BCUT2D eigenvalue weighted by Crippen LogP contribution is 2.52. The van der Waals surface area contributed by atoms with Gasteiger partial charge in [0, 0.05) is 48.6 Å². The maximum atomic E-state index is 2.65. The summed E-state index contributed by atoms with van der Waals surface area (Å²) < 4.78 is 2.63. The van der Waals surface area contributed by atoms with Gasteiger partial charge in [-0.15, -0.1) is 11.3 Å². The average molecular weight is 817 g/mol. The number of anilines is 6. The highest BCUT2D eigenvalue weighted by molar-refractivity contribution is 7.26. The van der Waals surface area contributed by atoms with Crippen molar-refractivity contribution in [1.82, 2.24) is 0 Å². The third kappa shape index (κ3) is 5.55. The molecule has 8 aromatic carbocycles. The van der Waals surface area contributed by atoms with Gasteiger partial charge >= 0.3 is 0 Å². The van der Waals surface area contributed by atoms with Crippen LogP contribution in [0.3, 0.4) is 0 Å². The van der Waals surface area contributed by atoms with E-state index in [2.05, 4.69) is 215 Å². The number of nitrogens with zero attached hydrogens (tertiary/aromatic N) is 2. The summed E-state index contributed by atoms with van der Waals surface area (Å²) in [6.45, 7) is 14.5. The summed E-state index contributed by atoms with van der Waals surface area (Å²) in [4.78, 5) is 5.27. The molecule has 0 bridgehead atoms. The van der Waals surface area contributed by atoms with Gasteiger partial charge in [-0.05, 0) is 153 Å². The zero-order chi connectivity index (χ0) is 42.1. The molecule has 0 radical (unpaired) electrons. The number of benzene rings is 8. The van der Waals surface area contributed by atoms with Crippen LogP contribution >= 0.6 is 11.3 Å². The zero-order valence-corrected chi connectivity index (χ0v) is 37.2. The normalized spacial score (nSPS) is 15.6. The molecule has 0 N–H and O–H groups in total. The van der Waals surface area contributed by atoms with Crippen LogP contribution in [0, 0.1) is 13.8 Å². The van der Waals surface area contributed by atoms with Crippen LogP contribution in [0.15, 0.2) is 164 Å². The summed E-state index contributed by atoms with van der Waals surface area (Å²) >= 11 is 1.89. The first kappa shape index (κ1) is 37.4. The van der Waals surface area contributed by atoms with E-state index in [1.165, 1.54) is 128 Å². The smallest absolute Gasteiger partial charge is 0.252 e. The van der Waals surface area contributed by atoms with Crippen molar-refractivity contribution >= 4 is 88.7 Å². The Bertz CT molecular complexity index is 3290. The number of fused-ring (bicyclic) bond motifs is 8. The Morgan fingerprint density at radius 2 is 1.03 bits per heavy atom. The lowest BCUT2D eigenvalue weighted by molar-refractivity contribution is 0.332. The second-order valence-corrected chi connectivity index (χ2v) is 20.4. The van der Waals surface area contributed by atoms with E-state index in [1.807, 2.05) is 11.3 Å². The van der Waals surface area contributed by atoms with Crippen molar-refractivity contribution < 1.29 is 0 Å². The molecule has 1 aliphatic carbocycles. The fourth-order valence-corrected chi connectivity index (χ4v) is 12.3. The van der Waals surface area contributed by atoms with Crippen LogP contribution in [0.2, 0.25) is 0 Å². The largest absolute Gasteiger partial charge is 0.311 e. The van der Waals surface area contributed by atoms with Crippen LogP contribution in [0.4, 0.5) is 34.1 Å². The van der Waals surface area contributed by atoms with E-state index in [0.29, 0.717) is 0 Å². The van der Waals surface area contributed by atoms with Crippen molar-refractivity contribution in [2.45, 2.75) is 65.2 Å². The molecule has 12 rings (SSSR count). The number of aryl methyl sites for hydroxylation is 2. The van der Waals surface area contributed by atoms with E-state index in [0.717, 1.165) is 0 Å². The molecule has 3 heterocycles. The topological polar surface area (TPSA) is 6.48 Å². The standard InChI is InChI=1S/C58H49BN2S/c1-36-30-51-56-52(31-36)61(48-21-15-23-54-55(48)42-20-13-14-22-53(42)62-54)49-33-41(39-18-11-8-12-19-39)24-26-45(49)59(56)46-34-43-44(58(5,6)29-28-57(43,3)4)35-50(46)60(51)47-27-25-40(32-37(47)2)38-16-9-7-10-17-38/h7-27,30-35H,28-29H2,1-6H3. The molecule has 1 aromatic heterocycles. The molecule has 0 spiro atoms. The van der Waals surface area contributed by atoms with Gasteiger partial charge < -0.3 is 9.80 Å². The second-order valence-electron chi connectivity index (χ2n) is 19.3. The molecule has 0 atom stereocenters. The lowest BCUT2D eigenvalue weighted by Gasteiger charge is -2.47. The molecular formula is C58H49BN2S. The minimum absolute atomic E-state index is 0.0383. The summed E-state index contributed by atoms with van der Waals surface area (Å²) in [6, 6.07) is 62.2. The molecule has 300 valence electrons. The lowest BCUT2D eigenvalue weighted by atomic mass is 9.33. The van der Waals surface area contributed by atoms with Crippen LogP contribution < -0.4 is 26.2 Å². The molecule has 0 unspecified atom stereocenters. The van der Waals surface area contributed by atoms with Gasteiger partial charge in [-0.2, -0.15) is 0 Å². The Morgan fingerprint density at radius 1 is 0.452 bits per heavy atom. The average Bonchev–Trinajstić information content (AvgIpc) is 3.67. The van der Waals surface area contributed by atoms with Crippen LogP contribution in [-0.2, 0) is 10.8 Å². The summed E-state index contributed by atoms with van der Waals surface area (Å²) in [7, 11) is 0. The van der Waals surface area contributed by atoms with Gasteiger partial charge in [-0.1, -0.05) is 137 Å². The van der Waals surface area contributed by atoms with Gasteiger partial charge in [-0.25, -0.2) is 0 Å². The van der Waals surface area contributed by atoms with Gasteiger partial charge in [0.05, 0.1) is 5.69 Å². The molecule has 0 fully saturated rings. The van der Waals surface area contributed by atoms with Gasteiger partial charge in [0.25, 0.3) is 6.71 Å². The Kier molecular flexibility index (Phi) is 8.19. The second kappa shape index (κ2) is 13.6. The molecule has 3 aliphatic rings.